The summed E-state index contributed by atoms with van der Waals surface area (Å²) in [6.45, 7) is 5.01. The van der Waals surface area contributed by atoms with Crippen molar-refractivity contribution >= 4 is 11.3 Å². The van der Waals surface area contributed by atoms with Gasteiger partial charge in [-0.05, 0) is 54.7 Å². The highest BCUT2D eigenvalue weighted by Crippen LogP contribution is 2.38. The molecule has 1 saturated carbocycles. The number of rotatable bonds is 2. The van der Waals surface area contributed by atoms with Crippen molar-refractivity contribution in [2.45, 2.75) is 38.3 Å². The maximum absolute atomic E-state index is 3.78. The van der Waals surface area contributed by atoms with Gasteiger partial charge in [0.05, 0.1) is 0 Å². The predicted molar refractivity (Wildman–Crippen MR) is 75.9 cm³/mol. The Balaban J connectivity index is 1.41. The second kappa shape index (κ2) is 4.62. The number of fused-ring (bicyclic) bond motifs is 2. The highest BCUT2D eigenvalue weighted by atomic mass is 32.1. The second-order valence-corrected chi connectivity index (χ2v) is 7.22. The van der Waals surface area contributed by atoms with Crippen LogP contribution in [0.5, 0.6) is 0 Å². The fraction of sp³-hybridized carbons (Fsp3) is 0.733. The minimum atomic E-state index is 0.776. The molecule has 4 rings (SSSR count). The van der Waals surface area contributed by atoms with Crippen molar-refractivity contribution in [2.75, 3.05) is 19.6 Å². The van der Waals surface area contributed by atoms with Crippen LogP contribution in [0.2, 0.25) is 0 Å². The maximum atomic E-state index is 3.78. The van der Waals surface area contributed by atoms with Crippen molar-refractivity contribution in [3.8, 4) is 0 Å². The zero-order valence-electron chi connectivity index (χ0n) is 10.9. The van der Waals surface area contributed by atoms with Crippen molar-refractivity contribution in [3.05, 3.63) is 21.9 Å². The first kappa shape index (κ1) is 11.4. The van der Waals surface area contributed by atoms with E-state index < -0.39 is 0 Å². The quantitative estimate of drug-likeness (QED) is 0.881. The standard InChI is InChI=1S/C15H22N2S/c1-2-11-8-16-14(13(11)3-1)10-17-6-4-15-12(9-17)5-7-18-15/h5,7,11,13-14,16H,1-4,6,8-10H2. The van der Waals surface area contributed by atoms with E-state index in [9.17, 15) is 0 Å². The Morgan fingerprint density at radius 2 is 2.39 bits per heavy atom. The zero-order valence-corrected chi connectivity index (χ0v) is 11.7. The summed E-state index contributed by atoms with van der Waals surface area (Å²) in [5.41, 5.74) is 1.59. The molecule has 0 bridgehead atoms. The fourth-order valence-corrected chi connectivity index (χ4v) is 5.13. The van der Waals surface area contributed by atoms with Crippen LogP contribution in [-0.2, 0) is 13.0 Å². The molecule has 3 heteroatoms. The van der Waals surface area contributed by atoms with Gasteiger partial charge in [-0.1, -0.05) is 6.42 Å². The van der Waals surface area contributed by atoms with Gasteiger partial charge in [0.2, 0.25) is 0 Å². The largest absolute Gasteiger partial charge is 0.312 e. The number of nitrogens with zero attached hydrogens (tertiary/aromatic N) is 1. The summed E-state index contributed by atoms with van der Waals surface area (Å²) in [6.07, 6.45) is 5.69. The normalized spacial score (nSPS) is 35.7. The Labute approximate surface area is 113 Å². The monoisotopic (exact) mass is 262 g/mol. The molecule has 1 saturated heterocycles. The van der Waals surface area contributed by atoms with E-state index in [4.69, 9.17) is 0 Å². The van der Waals surface area contributed by atoms with Gasteiger partial charge in [-0.2, -0.15) is 0 Å². The topological polar surface area (TPSA) is 15.3 Å². The molecule has 2 nitrogen and oxygen atoms in total. The summed E-state index contributed by atoms with van der Waals surface area (Å²) in [5.74, 6) is 1.98. The average molecular weight is 262 g/mol. The molecule has 0 spiro atoms. The third kappa shape index (κ3) is 1.93. The molecular formula is C15H22N2S. The van der Waals surface area contributed by atoms with Crippen LogP contribution in [-0.4, -0.2) is 30.6 Å². The van der Waals surface area contributed by atoms with E-state index >= 15 is 0 Å². The lowest BCUT2D eigenvalue weighted by Crippen LogP contribution is -2.42. The number of hydrogen-bond acceptors (Lipinski definition) is 3. The molecular weight excluding hydrogens is 240 g/mol. The fourth-order valence-electron chi connectivity index (χ4n) is 4.24. The Morgan fingerprint density at radius 1 is 1.39 bits per heavy atom. The van der Waals surface area contributed by atoms with Crippen molar-refractivity contribution < 1.29 is 0 Å². The maximum Gasteiger partial charge on any atom is 0.0245 e. The smallest absolute Gasteiger partial charge is 0.0245 e. The van der Waals surface area contributed by atoms with Gasteiger partial charge in [0.25, 0.3) is 0 Å². The molecule has 0 amide bonds. The molecule has 98 valence electrons. The molecule has 0 aromatic carbocycles. The summed E-state index contributed by atoms with van der Waals surface area (Å²) in [5, 5.41) is 6.04. The lowest BCUT2D eigenvalue weighted by molar-refractivity contribution is 0.212. The molecule has 3 heterocycles. The van der Waals surface area contributed by atoms with Gasteiger partial charge in [-0.3, -0.25) is 4.90 Å². The van der Waals surface area contributed by atoms with Gasteiger partial charge >= 0.3 is 0 Å². The summed E-state index contributed by atoms with van der Waals surface area (Å²) < 4.78 is 0. The highest BCUT2D eigenvalue weighted by molar-refractivity contribution is 7.10. The van der Waals surface area contributed by atoms with Crippen LogP contribution in [0.3, 0.4) is 0 Å². The Morgan fingerprint density at radius 3 is 3.39 bits per heavy atom. The molecule has 2 aliphatic heterocycles. The lowest BCUT2D eigenvalue weighted by Gasteiger charge is -2.31. The van der Waals surface area contributed by atoms with Gasteiger partial charge in [0.15, 0.2) is 0 Å². The number of thiophene rings is 1. The molecule has 3 unspecified atom stereocenters. The lowest BCUT2D eigenvalue weighted by atomic mass is 9.93. The van der Waals surface area contributed by atoms with Gasteiger partial charge in [-0.15, -0.1) is 11.3 Å². The van der Waals surface area contributed by atoms with E-state index in [2.05, 4.69) is 21.7 Å². The first-order valence-electron chi connectivity index (χ1n) is 7.41. The van der Waals surface area contributed by atoms with Crippen LogP contribution in [0, 0.1) is 11.8 Å². The van der Waals surface area contributed by atoms with Crippen molar-refractivity contribution in [3.63, 3.8) is 0 Å². The van der Waals surface area contributed by atoms with Crippen LogP contribution in [0.25, 0.3) is 0 Å². The van der Waals surface area contributed by atoms with Gasteiger partial charge in [-0.25, -0.2) is 0 Å². The Bertz CT molecular complexity index is 428. The van der Waals surface area contributed by atoms with Crippen LogP contribution in [0.15, 0.2) is 11.4 Å². The van der Waals surface area contributed by atoms with Crippen molar-refractivity contribution in [2.24, 2.45) is 11.8 Å². The SMILES string of the molecule is c1cc2c(s1)CCN(CC1NCC3CCCC31)C2. The molecule has 3 aliphatic rings. The minimum Gasteiger partial charge on any atom is -0.312 e. The molecule has 18 heavy (non-hydrogen) atoms. The first-order valence-corrected chi connectivity index (χ1v) is 8.29. The summed E-state index contributed by atoms with van der Waals surface area (Å²) in [4.78, 5) is 4.30. The summed E-state index contributed by atoms with van der Waals surface area (Å²) in [6, 6.07) is 3.10. The van der Waals surface area contributed by atoms with Gasteiger partial charge in [0.1, 0.15) is 0 Å². The first-order chi connectivity index (χ1) is 8.90. The van der Waals surface area contributed by atoms with Crippen LogP contribution >= 0.6 is 11.3 Å². The third-order valence-electron chi connectivity index (χ3n) is 5.22. The Kier molecular flexibility index (Phi) is 2.94. The van der Waals surface area contributed by atoms with Crippen molar-refractivity contribution in [1.29, 1.82) is 0 Å². The molecule has 1 aromatic heterocycles. The van der Waals surface area contributed by atoms with E-state index in [1.165, 1.54) is 51.9 Å². The number of nitrogens with one attached hydrogen (secondary N) is 1. The van der Waals surface area contributed by atoms with Crippen LogP contribution in [0.1, 0.15) is 29.7 Å². The van der Waals surface area contributed by atoms with E-state index in [-0.39, 0.29) is 0 Å². The Hall–Kier alpha value is -0.380. The molecule has 1 aliphatic carbocycles. The van der Waals surface area contributed by atoms with Gasteiger partial charge in [0, 0.05) is 30.6 Å². The molecule has 1 N–H and O–H groups in total. The van der Waals surface area contributed by atoms with Crippen LogP contribution in [0.4, 0.5) is 0 Å². The highest BCUT2D eigenvalue weighted by Gasteiger charge is 2.39. The molecule has 1 aromatic rings. The average Bonchev–Trinajstić information content (AvgIpc) is 3.06. The zero-order chi connectivity index (χ0) is 11.9. The number of hydrogen-bond donors (Lipinski definition) is 1. The summed E-state index contributed by atoms with van der Waals surface area (Å²) in [7, 11) is 0. The van der Waals surface area contributed by atoms with Crippen LogP contribution < -0.4 is 5.32 Å². The summed E-state index contributed by atoms with van der Waals surface area (Å²) >= 11 is 1.94. The third-order valence-corrected chi connectivity index (χ3v) is 6.24. The van der Waals surface area contributed by atoms with E-state index in [0.717, 1.165) is 17.9 Å². The molecule has 0 radical (unpaired) electrons. The van der Waals surface area contributed by atoms with E-state index in [0.29, 0.717) is 0 Å². The van der Waals surface area contributed by atoms with E-state index in [1.54, 1.807) is 10.4 Å². The molecule has 3 atom stereocenters. The van der Waals surface area contributed by atoms with Crippen molar-refractivity contribution in [1.82, 2.24) is 10.2 Å². The van der Waals surface area contributed by atoms with Gasteiger partial charge < -0.3 is 5.32 Å². The minimum absolute atomic E-state index is 0.776. The predicted octanol–water partition coefficient (Wildman–Crippen LogP) is 2.49. The second-order valence-electron chi connectivity index (χ2n) is 6.22. The molecule has 2 fully saturated rings. The van der Waals surface area contributed by atoms with E-state index in [1.807, 2.05) is 11.3 Å².